The highest BCUT2D eigenvalue weighted by Gasteiger charge is 2.14. The van der Waals surface area contributed by atoms with Crippen LogP contribution in [0.3, 0.4) is 0 Å². The first-order valence-corrected chi connectivity index (χ1v) is 6.57. The van der Waals surface area contributed by atoms with Crippen LogP contribution in [-0.2, 0) is 6.42 Å². The van der Waals surface area contributed by atoms with E-state index in [9.17, 15) is 9.59 Å². The first-order chi connectivity index (χ1) is 10.0. The molecule has 0 bridgehead atoms. The van der Waals surface area contributed by atoms with Crippen LogP contribution in [0, 0.1) is 0 Å². The number of benzene rings is 1. The molecule has 0 saturated heterocycles. The third-order valence-corrected chi connectivity index (χ3v) is 2.94. The Labute approximate surface area is 122 Å². The monoisotopic (exact) mass is 287 g/mol. The number of rotatable bonds is 4. The Kier molecular flexibility index (Phi) is 4.37. The van der Waals surface area contributed by atoms with Crippen LogP contribution < -0.4 is 10.9 Å². The lowest BCUT2D eigenvalue weighted by Crippen LogP contribution is -2.25. The summed E-state index contributed by atoms with van der Waals surface area (Å²) < 4.78 is 5.35. The van der Waals surface area contributed by atoms with Crippen molar-refractivity contribution >= 4 is 23.2 Å². The Morgan fingerprint density at radius 3 is 2.86 bits per heavy atom. The van der Waals surface area contributed by atoms with E-state index < -0.39 is 5.91 Å². The number of aryl methyl sites for hydroxylation is 1. The summed E-state index contributed by atoms with van der Waals surface area (Å²) in [6.45, 7) is 2.00. The Bertz CT molecular complexity index is 747. The van der Waals surface area contributed by atoms with Crippen molar-refractivity contribution in [3.8, 4) is 0 Å². The normalized spacial score (nSPS) is 11.0. The molecule has 0 unspecified atom stereocenters. The molecule has 110 valence electrons. The lowest BCUT2D eigenvalue weighted by atomic mass is 10.1. The SMILES string of the molecule is CCc1ccc2occ(C(=O)N/N=C/N(C)C)c(=O)c2c1. The summed E-state index contributed by atoms with van der Waals surface area (Å²) >= 11 is 0. The van der Waals surface area contributed by atoms with E-state index in [1.54, 1.807) is 31.1 Å². The van der Waals surface area contributed by atoms with Gasteiger partial charge in [-0.15, -0.1) is 0 Å². The number of nitrogens with one attached hydrogen (secondary N) is 1. The standard InChI is InChI=1S/C15H17N3O3/c1-4-10-5-6-13-11(7-10)14(19)12(8-21-13)15(20)17-16-9-18(2)3/h5-9H,4H2,1-3H3,(H,17,20)/b16-9+. The summed E-state index contributed by atoms with van der Waals surface area (Å²) in [4.78, 5) is 26.0. The van der Waals surface area contributed by atoms with Crippen molar-refractivity contribution in [2.75, 3.05) is 14.1 Å². The van der Waals surface area contributed by atoms with Gasteiger partial charge < -0.3 is 9.32 Å². The molecule has 1 heterocycles. The zero-order valence-electron chi connectivity index (χ0n) is 12.2. The third kappa shape index (κ3) is 3.28. The highest BCUT2D eigenvalue weighted by molar-refractivity contribution is 5.96. The maximum absolute atomic E-state index is 12.4. The fraction of sp³-hybridized carbons (Fsp3) is 0.267. The van der Waals surface area contributed by atoms with Gasteiger partial charge in [0.1, 0.15) is 23.7 Å². The molecular weight excluding hydrogens is 270 g/mol. The number of amides is 1. The first kappa shape index (κ1) is 14.8. The van der Waals surface area contributed by atoms with Crippen molar-refractivity contribution in [1.29, 1.82) is 0 Å². The van der Waals surface area contributed by atoms with E-state index in [4.69, 9.17) is 4.42 Å². The van der Waals surface area contributed by atoms with Crippen molar-refractivity contribution < 1.29 is 9.21 Å². The summed E-state index contributed by atoms with van der Waals surface area (Å²) in [6.07, 6.45) is 3.39. The van der Waals surface area contributed by atoms with Gasteiger partial charge in [0.25, 0.3) is 5.91 Å². The summed E-state index contributed by atoms with van der Waals surface area (Å²) in [6, 6.07) is 5.38. The second-order valence-corrected chi connectivity index (χ2v) is 4.81. The van der Waals surface area contributed by atoms with Gasteiger partial charge in [0, 0.05) is 14.1 Å². The fourth-order valence-electron chi connectivity index (χ4n) is 1.82. The number of hydrazone groups is 1. The zero-order valence-corrected chi connectivity index (χ0v) is 12.2. The third-order valence-electron chi connectivity index (χ3n) is 2.94. The molecule has 0 spiro atoms. The van der Waals surface area contributed by atoms with Gasteiger partial charge in [-0.25, -0.2) is 5.43 Å². The summed E-state index contributed by atoms with van der Waals surface area (Å²) in [7, 11) is 3.54. The maximum Gasteiger partial charge on any atom is 0.278 e. The minimum atomic E-state index is -0.592. The largest absolute Gasteiger partial charge is 0.463 e. The minimum Gasteiger partial charge on any atom is -0.463 e. The van der Waals surface area contributed by atoms with Crippen LogP contribution in [0.25, 0.3) is 11.0 Å². The fourth-order valence-corrected chi connectivity index (χ4v) is 1.82. The summed E-state index contributed by atoms with van der Waals surface area (Å²) in [5.41, 5.74) is 3.35. The molecule has 0 saturated carbocycles. The van der Waals surface area contributed by atoms with Gasteiger partial charge in [0.2, 0.25) is 5.43 Å². The van der Waals surface area contributed by atoms with Crippen molar-refractivity contribution in [3.05, 3.63) is 45.8 Å². The predicted molar refractivity (Wildman–Crippen MR) is 81.5 cm³/mol. The Morgan fingerprint density at radius 2 is 2.19 bits per heavy atom. The second-order valence-electron chi connectivity index (χ2n) is 4.81. The maximum atomic E-state index is 12.4. The van der Waals surface area contributed by atoms with E-state index in [-0.39, 0.29) is 11.0 Å². The number of fused-ring (bicyclic) bond motifs is 1. The van der Waals surface area contributed by atoms with E-state index in [0.29, 0.717) is 11.0 Å². The molecule has 2 aromatic rings. The van der Waals surface area contributed by atoms with Crippen molar-refractivity contribution in [1.82, 2.24) is 10.3 Å². The topological polar surface area (TPSA) is 74.9 Å². The minimum absolute atomic E-state index is 0.0633. The Balaban J connectivity index is 2.39. The van der Waals surface area contributed by atoms with Gasteiger partial charge in [-0.2, -0.15) is 5.10 Å². The molecule has 6 nitrogen and oxygen atoms in total. The van der Waals surface area contributed by atoms with Crippen molar-refractivity contribution in [2.45, 2.75) is 13.3 Å². The Hall–Kier alpha value is -2.63. The average molecular weight is 287 g/mol. The van der Waals surface area contributed by atoms with Gasteiger partial charge in [-0.05, 0) is 24.1 Å². The zero-order chi connectivity index (χ0) is 15.4. The van der Waals surface area contributed by atoms with Crippen molar-refractivity contribution in [3.63, 3.8) is 0 Å². The molecule has 1 aromatic carbocycles. The molecular formula is C15H17N3O3. The van der Waals surface area contributed by atoms with Gasteiger partial charge in [-0.3, -0.25) is 9.59 Å². The molecule has 6 heteroatoms. The molecule has 0 aliphatic rings. The van der Waals surface area contributed by atoms with Gasteiger partial charge in [-0.1, -0.05) is 13.0 Å². The smallest absolute Gasteiger partial charge is 0.278 e. The molecule has 1 aromatic heterocycles. The van der Waals surface area contributed by atoms with Crippen LogP contribution >= 0.6 is 0 Å². The molecule has 1 amide bonds. The average Bonchev–Trinajstić information content (AvgIpc) is 2.47. The number of carbonyl (C=O) groups is 1. The summed E-state index contributed by atoms with van der Waals surface area (Å²) in [5, 5.41) is 4.12. The van der Waals surface area contributed by atoms with E-state index in [1.807, 2.05) is 13.0 Å². The molecule has 0 aliphatic carbocycles. The first-order valence-electron chi connectivity index (χ1n) is 6.57. The van der Waals surface area contributed by atoms with E-state index in [2.05, 4.69) is 10.5 Å². The van der Waals surface area contributed by atoms with Crippen LogP contribution in [0.5, 0.6) is 0 Å². The highest BCUT2D eigenvalue weighted by atomic mass is 16.3. The lowest BCUT2D eigenvalue weighted by molar-refractivity contribution is 0.0952. The lowest BCUT2D eigenvalue weighted by Gasteiger charge is -2.04. The number of carbonyl (C=O) groups excluding carboxylic acids is 1. The Morgan fingerprint density at radius 1 is 1.43 bits per heavy atom. The quantitative estimate of drug-likeness (QED) is 0.526. The second kappa shape index (κ2) is 6.21. The number of hydrogen-bond donors (Lipinski definition) is 1. The molecule has 2 rings (SSSR count). The molecule has 1 N–H and O–H groups in total. The number of nitrogens with zero attached hydrogens (tertiary/aromatic N) is 2. The van der Waals surface area contributed by atoms with E-state index >= 15 is 0 Å². The van der Waals surface area contributed by atoms with Crippen LogP contribution in [0.4, 0.5) is 0 Å². The van der Waals surface area contributed by atoms with Crippen LogP contribution in [-0.4, -0.2) is 31.2 Å². The molecule has 0 aliphatic heterocycles. The molecule has 0 radical (unpaired) electrons. The molecule has 0 atom stereocenters. The predicted octanol–water partition coefficient (Wildman–Crippen LogP) is 1.59. The molecule has 21 heavy (non-hydrogen) atoms. The molecule has 0 fully saturated rings. The number of hydrogen-bond acceptors (Lipinski definition) is 4. The van der Waals surface area contributed by atoms with Gasteiger partial charge in [0.15, 0.2) is 0 Å². The van der Waals surface area contributed by atoms with Crippen molar-refractivity contribution in [2.24, 2.45) is 5.10 Å². The van der Waals surface area contributed by atoms with Gasteiger partial charge in [0.05, 0.1) is 5.39 Å². The van der Waals surface area contributed by atoms with Crippen LogP contribution in [0.15, 0.2) is 38.8 Å². The van der Waals surface area contributed by atoms with Crippen LogP contribution in [0.2, 0.25) is 0 Å². The summed E-state index contributed by atoms with van der Waals surface area (Å²) in [5.74, 6) is -0.592. The van der Waals surface area contributed by atoms with Gasteiger partial charge >= 0.3 is 0 Å². The van der Waals surface area contributed by atoms with E-state index in [1.165, 1.54) is 6.34 Å². The van der Waals surface area contributed by atoms with Crippen LogP contribution in [0.1, 0.15) is 22.8 Å². The van der Waals surface area contributed by atoms with E-state index in [0.717, 1.165) is 18.2 Å². The highest BCUT2D eigenvalue weighted by Crippen LogP contribution is 2.14.